The average Bonchev–Trinajstić information content (AvgIpc) is 2.87. The Morgan fingerprint density at radius 3 is 1.97 bits per heavy atom. The zero-order valence-corrected chi connectivity index (χ0v) is 22.3. The summed E-state index contributed by atoms with van der Waals surface area (Å²) in [5, 5.41) is 12.2. The van der Waals surface area contributed by atoms with Crippen molar-refractivity contribution in [3.63, 3.8) is 0 Å². The molecule has 1 saturated heterocycles. The monoisotopic (exact) mass is 451 g/mol. The molecule has 6 heteroatoms. The van der Waals surface area contributed by atoms with Crippen LogP contribution in [-0.2, 0) is 9.31 Å². The van der Waals surface area contributed by atoms with Gasteiger partial charge in [-0.15, -0.1) is 5.54 Å². The van der Waals surface area contributed by atoms with E-state index in [1.807, 2.05) is 33.8 Å². The van der Waals surface area contributed by atoms with Crippen LogP contribution in [0.2, 0.25) is 16.6 Å². The molecule has 2 aromatic rings. The predicted molar refractivity (Wildman–Crippen MR) is 137 cm³/mol. The number of aromatic hydroxyl groups is 1. The van der Waals surface area contributed by atoms with Crippen molar-refractivity contribution in [2.75, 3.05) is 0 Å². The Balaban J connectivity index is 2.23. The number of phenols is 1. The molecule has 0 aliphatic carbocycles. The van der Waals surface area contributed by atoms with Crippen molar-refractivity contribution in [3.8, 4) is 17.2 Å². The van der Waals surface area contributed by atoms with Crippen LogP contribution in [0.1, 0.15) is 74.9 Å². The van der Waals surface area contributed by atoms with Gasteiger partial charge in [-0.3, -0.25) is 0 Å². The van der Waals surface area contributed by atoms with Crippen LogP contribution in [0.3, 0.4) is 0 Å². The van der Waals surface area contributed by atoms with Gasteiger partial charge in [0.25, 0.3) is 0 Å². The topological polar surface area (TPSA) is 51.6 Å². The van der Waals surface area contributed by atoms with Crippen molar-refractivity contribution in [1.29, 1.82) is 0 Å². The Morgan fingerprint density at radius 2 is 1.47 bits per heavy atom. The summed E-state index contributed by atoms with van der Waals surface area (Å²) < 4.78 is 12.7. The smallest absolute Gasteiger partial charge is 0.495 e. The Bertz CT molecular complexity index is 1030. The normalized spacial score (nSPS) is 18.0. The SMILES string of the molecule is CC(C)[Si](C#Cc1nccc2cc(O)cc(B3OC(C)(C)C(C)(C)O3)c12)(C(C)C)C(C)C. The maximum absolute atomic E-state index is 10.4. The van der Waals surface area contributed by atoms with E-state index < -0.39 is 26.4 Å². The van der Waals surface area contributed by atoms with E-state index in [0.29, 0.717) is 16.6 Å². The maximum Gasteiger partial charge on any atom is 0.495 e. The van der Waals surface area contributed by atoms with Gasteiger partial charge in [-0.25, -0.2) is 4.98 Å². The summed E-state index contributed by atoms with van der Waals surface area (Å²) in [7, 11) is -2.51. The lowest BCUT2D eigenvalue weighted by molar-refractivity contribution is 0.00578. The van der Waals surface area contributed by atoms with E-state index in [0.717, 1.165) is 21.9 Å². The molecular weight excluding hydrogens is 413 g/mol. The van der Waals surface area contributed by atoms with Crippen LogP contribution >= 0.6 is 0 Å². The Labute approximate surface area is 195 Å². The third-order valence-corrected chi connectivity index (χ3v) is 13.9. The van der Waals surface area contributed by atoms with Gasteiger partial charge in [0.15, 0.2) is 0 Å². The van der Waals surface area contributed by atoms with Crippen molar-refractivity contribution in [2.45, 2.75) is 97.1 Å². The summed E-state index contributed by atoms with van der Waals surface area (Å²) in [6.45, 7) is 22.0. The van der Waals surface area contributed by atoms with Crippen LogP contribution in [0, 0.1) is 11.5 Å². The van der Waals surface area contributed by atoms with Gasteiger partial charge >= 0.3 is 7.12 Å². The minimum absolute atomic E-state index is 0.183. The molecule has 4 nitrogen and oxygen atoms in total. The second kappa shape index (κ2) is 8.52. The zero-order chi connectivity index (χ0) is 24.1. The van der Waals surface area contributed by atoms with E-state index in [1.165, 1.54) is 0 Å². The van der Waals surface area contributed by atoms with Gasteiger partial charge in [-0.05, 0) is 73.4 Å². The van der Waals surface area contributed by atoms with Gasteiger partial charge in [0, 0.05) is 11.6 Å². The summed E-state index contributed by atoms with van der Waals surface area (Å²) in [4.78, 5) is 4.68. The molecule has 0 amide bonds. The van der Waals surface area contributed by atoms with E-state index in [4.69, 9.17) is 9.31 Å². The summed E-state index contributed by atoms with van der Waals surface area (Å²) in [5.41, 5.74) is 5.96. The van der Waals surface area contributed by atoms with E-state index in [9.17, 15) is 5.11 Å². The van der Waals surface area contributed by atoms with Crippen LogP contribution in [0.5, 0.6) is 5.75 Å². The molecule has 2 heterocycles. The molecule has 1 N–H and O–H groups in total. The lowest BCUT2D eigenvalue weighted by Crippen LogP contribution is -2.43. The van der Waals surface area contributed by atoms with Gasteiger partial charge in [-0.2, -0.15) is 0 Å². The number of fused-ring (bicyclic) bond motifs is 1. The predicted octanol–water partition coefficient (Wildman–Crippen LogP) is 5.81. The fraction of sp³-hybridized carbons (Fsp3) is 0.577. The summed E-state index contributed by atoms with van der Waals surface area (Å²) in [5.74, 6) is 3.69. The lowest BCUT2D eigenvalue weighted by Gasteiger charge is -2.38. The summed E-state index contributed by atoms with van der Waals surface area (Å²) in [6, 6.07) is 5.40. The van der Waals surface area contributed by atoms with E-state index in [1.54, 1.807) is 18.3 Å². The molecule has 0 radical (unpaired) electrons. The summed E-state index contributed by atoms with van der Waals surface area (Å²) >= 11 is 0. The first kappa shape index (κ1) is 24.8. The first-order chi connectivity index (χ1) is 14.7. The first-order valence-corrected chi connectivity index (χ1v) is 14.0. The molecule has 0 spiro atoms. The molecule has 32 heavy (non-hydrogen) atoms. The molecule has 0 bridgehead atoms. The Morgan fingerprint density at radius 1 is 0.938 bits per heavy atom. The third-order valence-electron chi connectivity index (χ3n) is 7.65. The number of hydrogen-bond acceptors (Lipinski definition) is 4. The number of rotatable bonds is 4. The van der Waals surface area contributed by atoms with Crippen molar-refractivity contribution >= 4 is 31.4 Å². The van der Waals surface area contributed by atoms with E-state index >= 15 is 0 Å². The molecule has 0 atom stereocenters. The fourth-order valence-electron chi connectivity index (χ4n) is 5.18. The molecule has 0 saturated carbocycles. The number of phenolic OH excluding ortho intramolecular Hbond substituents is 1. The Kier molecular flexibility index (Phi) is 6.61. The Hall–Kier alpha value is -1.81. The molecule has 1 fully saturated rings. The zero-order valence-electron chi connectivity index (χ0n) is 21.3. The van der Waals surface area contributed by atoms with E-state index in [-0.39, 0.29) is 5.75 Å². The second-order valence-electron chi connectivity index (χ2n) is 11.0. The number of aromatic nitrogens is 1. The molecular formula is C26H38BNO3Si. The van der Waals surface area contributed by atoms with Gasteiger partial charge in [0.1, 0.15) is 19.5 Å². The fourth-order valence-corrected chi connectivity index (χ4v) is 10.4. The number of pyridine rings is 1. The third kappa shape index (κ3) is 4.11. The van der Waals surface area contributed by atoms with Crippen molar-refractivity contribution in [2.24, 2.45) is 0 Å². The lowest BCUT2D eigenvalue weighted by atomic mass is 9.75. The van der Waals surface area contributed by atoms with Gasteiger partial charge in [0.05, 0.1) is 11.2 Å². The van der Waals surface area contributed by atoms with Crippen LogP contribution in [0.25, 0.3) is 10.8 Å². The van der Waals surface area contributed by atoms with Gasteiger partial charge in [0.2, 0.25) is 0 Å². The second-order valence-corrected chi connectivity index (χ2v) is 16.6. The number of benzene rings is 1. The largest absolute Gasteiger partial charge is 0.508 e. The van der Waals surface area contributed by atoms with Crippen LogP contribution in [0.15, 0.2) is 24.4 Å². The van der Waals surface area contributed by atoms with E-state index in [2.05, 4.69) is 58.0 Å². The molecule has 1 aromatic heterocycles. The highest BCUT2D eigenvalue weighted by atomic mass is 28.3. The highest BCUT2D eigenvalue weighted by molar-refractivity contribution is 6.90. The van der Waals surface area contributed by atoms with Crippen LogP contribution < -0.4 is 5.46 Å². The van der Waals surface area contributed by atoms with Gasteiger partial charge < -0.3 is 14.4 Å². The minimum atomic E-state index is -1.92. The quantitative estimate of drug-likeness (QED) is 0.471. The highest BCUT2D eigenvalue weighted by Crippen LogP contribution is 2.41. The molecule has 0 unspecified atom stereocenters. The first-order valence-electron chi connectivity index (χ1n) is 11.7. The summed E-state index contributed by atoms with van der Waals surface area (Å²) in [6.07, 6.45) is 1.77. The number of hydrogen-bond donors (Lipinski definition) is 1. The van der Waals surface area contributed by atoms with Crippen LogP contribution in [0.4, 0.5) is 0 Å². The molecule has 1 aromatic carbocycles. The number of nitrogens with zero attached hydrogens (tertiary/aromatic N) is 1. The van der Waals surface area contributed by atoms with Crippen LogP contribution in [-0.4, -0.2) is 36.5 Å². The molecule has 172 valence electrons. The minimum Gasteiger partial charge on any atom is -0.508 e. The standard InChI is InChI=1S/C26H38BNO3Si/c1-17(2)32(18(3)4,19(5)6)14-12-23-24-20(11-13-28-23)15-21(29)16-22(24)27-30-25(7,8)26(9,10)31-27/h11,13,15-19,29H,1-10H3. The average molecular weight is 451 g/mol. The van der Waals surface area contributed by atoms with Gasteiger partial charge in [-0.1, -0.05) is 47.5 Å². The molecule has 1 aliphatic rings. The van der Waals surface area contributed by atoms with Crippen molar-refractivity contribution < 1.29 is 14.4 Å². The van der Waals surface area contributed by atoms with Crippen molar-refractivity contribution in [3.05, 3.63) is 30.1 Å². The van der Waals surface area contributed by atoms with Crippen molar-refractivity contribution in [1.82, 2.24) is 4.98 Å². The molecule has 1 aliphatic heterocycles. The molecule has 3 rings (SSSR count). The highest BCUT2D eigenvalue weighted by Gasteiger charge is 2.52. The maximum atomic E-state index is 10.4.